The number of nitrogens with one attached hydrogen (secondary N) is 1. The summed E-state index contributed by atoms with van der Waals surface area (Å²) in [5.41, 5.74) is 1.63. The average molecular weight is 307 g/mol. The molecule has 0 radical (unpaired) electrons. The molecule has 0 aliphatic rings. The minimum absolute atomic E-state index is 0.0438. The molecule has 0 heterocycles. The average Bonchev–Trinajstić information content (AvgIpc) is 2.57. The Morgan fingerprint density at radius 1 is 0.870 bits per heavy atom. The summed E-state index contributed by atoms with van der Waals surface area (Å²) in [4.78, 5) is 12.1. The number of halogens is 1. The van der Waals surface area contributed by atoms with Gasteiger partial charge in [-0.3, -0.25) is 4.79 Å². The molecule has 1 amide bonds. The molecule has 0 bridgehead atoms. The van der Waals surface area contributed by atoms with Gasteiger partial charge in [0, 0.05) is 6.54 Å². The number of carbonyl (C=O) groups is 1. The minimum atomic E-state index is -0.226. The highest BCUT2D eigenvalue weighted by atomic mass is 19.1. The molecule has 2 nitrogen and oxygen atoms in total. The lowest BCUT2D eigenvalue weighted by atomic mass is 10.0. The highest BCUT2D eigenvalue weighted by molar-refractivity contribution is 5.90. The summed E-state index contributed by atoms with van der Waals surface area (Å²) in [6.07, 6.45) is 0.826. The number of benzene rings is 3. The molecule has 3 heteroatoms. The minimum Gasteiger partial charge on any atom is -0.355 e. The van der Waals surface area contributed by atoms with Crippen LogP contribution in [-0.4, -0.2) is 12.5 Å². The fraction of sp³-hybridized carbons (Fsp3) is 0.150. The van der Waals surface area contributed by atoms with Crippen molar-refractivity contribution < 1.29 is 9.18 Å². The van der Waals surface area contributed by atoms with Crippen LogP contribution in [0.3, 0.4) is 0 Å². The van der Waals surface area contributed by atoms with E-state index in [0.717, 1.165) is 16.3 Å². The van der Waals surface area contributed by atoms with E-state index in [0.29, 0.717) is 24.9 Å². The molecule has 0 fully saturated rings. The van der Waals surface area contributed by atoms with Crippen molar-refractivity contribution in [3.05, 3.63) is 83.7 Å². The van der Waals surface area contributed by atoms with Crippen LogP contribution in [0.1, 0.15) is 11.1 Å². The van der Waals surface area contributed by atoms with Crippen molar-refractivity contribution in [2.24, 2.45) is 0 Å². The van der Waals surface area contributed by atoms with Crippen LogP contribution < -0.4 is 5.32 Å². The van der Waals surface area contributed by atoms with Gasteiger partial charge >= 0.3 is 0 Å². The first kappa shape index (κ1) is 15.2. The van der Waals surface area contributed by atoms with Crippen molar-refractivity contribution in [3.63, 3.8) is 0 Å². The summed E-state index contributed by atoms with van der Waals surface area (Å²) in [6, 6.07) is 20.6. The Hall–Kier alpha value is -2.68. The van der Waals surface area contributed by atoms with Crippen molar-refractivity contribution in [1.82, 2.24) is 5.32 Å². The van der Waals surface area contributed by atoms with Crippen molar-refractivity contribution >= 4 is 16.7 Å². The summed E-state index contributed by atoms with van der Waals surface area (Å²) in [7, 11) is 0. The van der Waals surface area contributed by atoms with E-state index in [1.165, 1.54) is 6.07 Å². The zero-order valence-electron chi connectivity index (χ0n) is 12.8. The Labute approximate surface area is 135 Å². The van der Waals surface area contributed by atoms with Gasteiger partial charge in [-0.05, 0) is 34.4 Å². The fourth-order valence-electron chi connectivity index (χ4n) is 2.72. The molecule has 116 valence electrons. The molecule has 0 spiro atoms. The first-order chi connectivity index (χ1) is 11.2. The normalized spacial score (nSPS) is 10.7. The largest absolute Gasteiger partial charge is 0.355 e. The van der Waals surface area contributed by atoms with Gasteiger partial charge in [0.25, 0.3) is 0 Å². The zero-order valence-corrected chi connectivity index (χ0v) is 12.8. The SMILES string of the molecule is O=C(Cc1cccc2ccccc12)NCCc1ccccc1F. The molecule has 0 saturated heterocycles. The van der Waals surface area contributed by atoms with E-state index >= 15 is 0 Å². The fourth-order valence-corrected chi connectivity index (χ4v) is 2.72. The quantitative estimate of drug-likeness (QED) is 0.761. The predicted molar refractivity (Wildman–Crippen MR) is 90.8 cm³/mol. The molecule has 1 N–H and O–H groups in total. The van der Waals surface area contributed by atoms with Crippen LogP contribution in [0.5, 0.6) is 0 Å². The number of hydrogen-bond acceptors (Lipinski definition) is 1. The van der Waals surface area contributed by atoms with Crippen LogP contribution >= 0.6 is 0 Å². The Morgan fingerprint density at radius 3 is 2.43 bits per heavy atom. The summed E-state index contributed by atoms with van der Waals surface area (Å²) >= 11 is 0. The second-order valence-corrected chi connectivity index (χ2v) is 5.51. The van der Waals surface area contributed by atoms with Gasteiger partial charge in [0.2, 0.25) is 5.91 Å². The van der Waals surface area contributed by atoms with Crippen molar-refractivity contribution in [2.45, 2.75) is 12.8 Å². The third-order valence-electron chi connectivity index (χ3n) is 3.91. The van der Waals surface area contributed by atoms with E-state index < -0.39 is 0 Å². The molecule has 0 aliphatic carbocycles. The number of hydrogen-bond donors (Lipinski definition) is 1. The lowest BCUT2D eigenvalue weighted by Crippen LogP contribution is -2.27. The van der Waals surface area contributed by atoms with Gasteiger partial charge < -0.3 is 5.32 Å². The van der Waals surface area contributed by atoms with E-state index in [1.807, 2.05) is 42.5 Å². The Kier molecular flexibility index (Phi) is 4.67. The summed E-state index contributed by atoms with van der Waals surface area (Å²) in [5, 5.41) is 5.09. The van der Waals surface area contributed by atoms with Gasteiger partial charge in [-0.1, -0.05) is 60.7 Å². The first-order valence-corrected chi connectivity index (χ1v) is 7.71. The van der Waals surface area contributed by atoms with Crippen molar-refractivity contribution in [2.75, 3.05) is 6.54 Å². The summed E-state index contributed by atoms with van der Waals surface area (Å²) in [6.45, 7) is 0.435. The third kappa shape index (κ3) is 3.75. The van der Waals surface area contributed by atoms with Crippen LogP contribution in [0.15, 0.2) is 66.7 Å². The van der Waals surface area contributed by atoms with E-state index in [9.17, 15) is 9.18 Å². The Balaban J connectivity index is 1.60. The van der Waals surface area contributed by atoms with Gasteiger partial charge in [-0.15, -0.1) is 0 Å². The monoisotopic (exact) mass is 307 g/mol. The molecule has 0 aromatic heterocycles. The van der Waals surface area contributed by atoms with Crippen molar-refractivity contribution in [3.8, 4) is 0 Å². The van der Waals surface area contributed by atoms with Crippen LogP contribution in [-0.2, 0) is 17.6 Å². The molecule has 0 unspecified atom stereocenters. The van der Waals surface area contributed by atoms with E-state index in [4.69, 9.17) is 0 Å². The van der Waals surface area contributed by atoms with Gasteiger partial charge in [-0.25, -0.2) is 4.39 Å². The second-order valence-electron chi connectivity index (χ2n) is 5.51. The molecule has 0 atom stereocenters. The van der Waals surface area contributed by atoms with Crippen LogP contribution in [0.4, 0.5) is 4.39 Å². The maximum absolute atomic E-state index is 13.5. The van der Waals surface area contributed by atoms with Crippen LogP contribution in [0, 0.1) is 5.82 Å². The Bertz CT molecular complexity index is 823. The number of fused-ring (bicyclic) bond motifs is 1. The molecule has 3 rings (SSSR count). The topological polar surface area (TPSA) is 29.1 Å². The van der Waals surface area contributed by atoms with Gasteiger partial charge in [-0.2, -0.15) is 0 Å². The zero-order chi connectivity index (χ0) is 16.1. The van der Waals surface area contributed by atoms with E-state index in [-0.39, 0.29) is 11.7 Å². The van der Waals surface area contributed by atoms with Gasteiger partial charge in [0.1, 0.15) is 5.82 Å². The highest BCUT2D eigenvalue weighted by Crippen LogP contribution is 2.18. The molecular weight excluding hydrogens is 289 g/mol. The Morgan fingerprint density at radius 2 is 1.57 bits per heavy atom. The predicted octanol–water partition coefficient (Wildman–Crippen LogP) is 3.88. The van der Waals surface area contributed by atoms with E-state index in [2.05, 4.69) is 5.32 Å². The molecule has 23 heavy (non-hydrogen) atoms. The van der Waals surface area contributed by atoms with E-state index in [1.54, 1.807) is 18.2 Å². The maximum atomic E-state index is 13.5. The molecular formula is C20H18FNO. The first-order valence-electron chi connectivity index (χ1n) is 7.71. The number of rotatable bonds is 5. The molecule has 0 aliphatic heterocycles. The van der Waals surface area contributed by atoms with Crippen LogP contribution in [0.2, 0.25) is 0 Å². The second kappa shape index (κ2) is 7.05. The smallest absolute Gasteiger partial charge is 0.224 e. The van der Waals surface area contributed by atoms with Crippen LogP contribution in [0.25, 0.3) is 10.8 Å². The number of amides is 1. The van der Waals surface area contributed by atoms with Crippen molar-refractivity contribution in [1.29, 1.82) is 0 Å². The molecule has 3 aromatic carbocycles. The van der Waals surface area contributed by atoms with Gasteiger partial charge in [0.05, 0.1) is 6.42 Å². The van der Waals surface area contributed by atoms with Gasteiger partial charge in [0.15, 0.2) is 0 Å². The lowest BCUT2D eigenvalue weighted by molar-refractivity contribution is -0.120. The number of carbonyl (C=O) groups excluding carboxylic acids is 1. The maximum Gasteiger partial charge on any atom is 0.224 e. The molecule has 0 saturated carbocycles. The third-order valence-corrected chi connectivity index (χ3v) is 3.91. The molecule has 3 aromatic rings. The standard InChI is InChI=1S/C20H18FNO/c21-19-11-4-2-7-16(19)12-13-22-20(23)14-17-9-5-8-15-6-1-3-10-18(15)17/h1-11H,12-14H2,(H,22,23). The summed E-state index contributed by atoms with van der Waals surface area (Å²) < 4.78 is 13.5. The summed E-state index contributed by atoms with van der Waals surface area (Å²) in [5.74, 6) is -0.270. The lowest BCUT2D eigenvalue weighted by Gasteiger charge is -2.08. The highest BCUT2D eigenvalue weighted by Gasteiger charge is 2.07.